The molecule has 0 amide bonds. The van der Waals surface area contributed by atoms with Crippen molar-refractivity contribution in [1.82, 2.24) is 0 Å². The Balaban J connectivity index is 2.11. The SMILES string of the molecule is Cc1cccc(N/N=[N+](\[O-])c2ccccc2)c1. The molecule has 0 saturated heterocycles. The van der Waals surface area contributed by atoms with Crippen LogP contribution in [0.25, 0.3) is 0 Å². The summed E-state index contributed by atoms with van der Waals surface area (Å²) in [6, 6.07) is 16.5. The van der Waals surface area contributed by atoms with Gasteiger partial charge in [0.25, 0.3) is 0 Å². The van der Waals surface area contributed by atoms with E-state index in [9.17, 15) is 5.21 Å². The monoisotopic (exact) mass is 227 g/mol. The lowest BCUT2D eigenvalue weighted by molar-refractivity contribution is -0.439. The van der Waals surface area contributed by atoms with Crippen LogP contribution in [0.5, 0.6) is 0 Å². The Morgan fingerprint density at radius 1 is 1.06 bits per heavy atom. The topological polar surface area (TPSA) is 50.5 Å². The minimum atomic E-state index is 0.493. The largest absolute Gasteiger partial charge is 0.691 e. The normalized spacial score (nSPS) is 11.2. The minimum Gasteiger partial charge on any atom is -0.691 e. The second kappa shape index (κ2) is 5.12. The van der Waals surface area contributed by atoms with Crippen molar-refractivity contribution in [3.8, 4) is 0 Å². The molecular weight excluding hydrogens is 214 g/mol. The Hall–Kier alpha value is -2.36. The first kappa shape index (κ1) is 11.1. The molecule has 0 fully saturated rings. The molecule has 0 bridgehead atoms. The predicted octanol–water partition coefficient (Wildman–Crippen LogP) is 3.62. The van der Waals surface area contributed by atoms with Crippen molar-refractivity contribution in [2.75, 3.05) is 5.43 Å². The number of hydrogen-bond donors (Lipinski definition) is 1. The van der Waals surface area contributed by atoms with Crippen LogP contribution in [-0.2, 0) is 0 Å². The Morgan fingerprint density at radius 3 is 2.53 bits per heavy atom. The molecular formula is C13H13N3O. The summed E-state index contributed by atoms with van der Waals surface area (Å²) in [4.78, 5) is 0.558. The quantitative estimate of drug-likeness (QED) is 0.494. The summed E-state index contributed by atoms with van der Waals surface area (Å²) in [5.41, 5.74) is 5.12. The van der Waals surface area contributed by atoms with Gasteiger partial charge in [-0.25, -0.2) is 0 Å². The van der Waals surface area contributed by atoms with E-state index in [1.807, 2.05) is 37.3 Å². The Labute approximate surface area is 99.8 Å². The molecule has 0 aliphatic heterocycles. The second-order valence-corrected chi connectivity index (χ2v) is 3.69. The molecule has 4 nitrogen and oxygen atoms in total. The van der Waals surface area contributed by atoms with E-state index in [1.54, 1.807) is 24.3 Å². The average molecular weight is 227 g/mol. The number of nitrogens with one attached hydrogen (secondary N) is 1. The third-order valence-corrected chi connectivity index (χ3v) is 2.27. The van der Waals surface area contributed by atoms with Gasteiger partial charge in [-0.1, -0.05) is 30.3 Å². The molecule has 2 rings (SSSR count). The van der Waals surface area contributed by atoms with Crippen molar-refractivity contribution < 1.29 is 4.86 Å². The fourth-order valence-corrected chi connectivity index (χ4v) is 1.43. The van der Waals surface area contributed by atoms with Crippen molar-refractivity contribution in [3.63, 3.8) is 0 Å². The van der Waals surface area contributed by atoms with E-state index in [0.717, 1.165) is 11.3 Å². The molecule has 0 radical (unpaired) electrons. The lowest BCUT2D eigenvalue weighted by atomic mass is 10.2. The molecule has 0 unspecified atom stereocenters. The highest BCUT2D eigenvalue weighted by atomic mass is 16.5. The van der Waals surface area contributed by atoms with Crippen LogP contribution in [0.15, 0.2) is 59.8 Å². The van der Waals surface area contributed by atoms with E-state index in [0.29, 0.717) is 10.5 Å². The van der Waals surface area contributed by atoms with Gasteiger partial charge in [-0.3, -0.25) is 0 Å². The number of aryl methyl sites for hydroxylation is 1. The summed E-state index contributed by atoms with van der Waals surface area (Å²) in [6.45, 7) is 1.98. The molecule has 4 heteroatoms. The van der Waals surface area contributed by atoms with Crippen molar-refractivity contribution in [2.45, 2.75) is 6.92 Å². The number of para-hydroxylation sites is 1. The standard InChI is InChI=1S/C13H13N3O/c1-11-6-5-7-12(10-11)14-15-16(17)13-8-3-2-4-9-13/h2-10,14H,1H3/b16-15-. The lowest BCUT2D eigenvalue weighted by Crippen LogP contribution is -1.97. The van der Waals surface area contributed by atoms with Gasteiger partial charge >= 0.3 is 0 Å². The zero-order valence-electron chi connectivity index (χ0n) is 9.50. The number of hydrogen-bond acceptors (Lipinski definition) is 2. The van der Waals surface area contributed by atoms with Gasteiger partial charge < -0.3 is 5.21 Å². The van der Waals surface area contributed by atoms with E-state index < -0.39 is 0 Å². The zero-order chi connectivity index (χ0) is 12.1. The van der Waals surface area contributed by atoms with Crippen LogP contribution in [-0.4, -0.2) is 4.86 Å². The Bertz CT molecular complexity index is 523. The minimum absolute atomic E-state index is 0.493. The van der Waals surface area contributed by atoms with Crippen LogP contribution in [0.2, 0.25) is 0 Å². The number of nitrogens with zero attached hydrogens (tertiary/aromatic N) is 2. The second-order valence-electron chi connectivity index (χ2n) is 3.69. The van der Waals surface area contributed by atoms with E-state index >= 15 is 0 Å². The number of anilines is 1. The number of benzene rings is 2. The van der Waals surface area contributed by atoms with E-state index in [-0.39, 0.29) is 0 Å². The summed E-state index contributed by atoms with van der Waals surface area (Å²) in [5, 5.41) is 15.3. The molecule has 0 aromatic heterocycles. The van der Waals surface area contributed by atoms with Crippen LogP contribution < -0.4 is 5.43 Å². The molecule has 0 aliphatic carbocycles. The fraction of sp³-hybridized carbons (Fsp3) is 0.0769. The third kappa shape index (κ3) is 3.04. The maximum atomic E-state index is 11.6. The molecule has 1 N–H and O–H groups in total. The maximum Gasteiger partial charge on any atom is 0.154 e. The van der Waals surface area contributed by atoms with Crippen LogP contribution >= 0.6 is 0 Å². The first-order valence-electron chi connectivity index (χ1n) is 5.31. The van der Waals surface area contributed by atoms with Crippen LogP contribution in [0.3, 0.4) is 0 Å². The molecule has 0 aliphatic rings. The molecule has 86 valence electrons. The van der Waals surface area contributed by atoms with Gasteiger partial charge in [0.05, 0.1) is 5.22 Å². The molecule has 17 heavy (non-hydrogen) atoms. The van der Waals surface area contributed by atoms with Gasteiger partial charge in [0.15, 0.2) is 5.69 Å². The summed E-state index contributed by atoms with van der Waals surface area (Å²) >= 11 is 0. The lowest BCUT2D eigenvalue weighted by Gasteiger charge is -2.04. The van der Waals surface area contributed by atoms with Gasteiger partial charge in [0.1, 0.15) is 5.69 Å². The summed E-state index contributed by atoms with van der Waals surface area (Å²) in [6.07, 6.45) is 0. The molecule has 2 aromatic rings. The zero-order valence-corrected chi connectivity index (χ0v) is 9.50. The summed E-state index contributed by atoms with van der Waals surface area (Å²) in [7, 11) is 0. The first-order valence-corrected chi connectivity index (χ1v) is 5.31. The summed E-state index contributed by atoms with van der Waals surface area (Å²) < 4.78 is 0. The average Bonchev–Trinajstić information content (AvgIpc) is 2.37. The van der Waals surface area contributed by atoms with Crippen LogP contribution in [0.4, 0.5) is 11.4 Å². The van der Waals surface area contributed by atoms with E-state index in [2.05, 4.69) is 10.6 Å². The van der Waals surface area contributed by atoms with Gasteiger partial charge in [0.2, 0.25) is 0 Å². The van der Waals surface area contributed by atoms with Gasteiger partial charge in [0, 0.05) is 0 Å². The highest BCUT2D eigenvalue weighted by Gasteiger charge is 1.98. The summed E-state index contributed by atoms with van der Waals surface area (Å²) in [5.74, 6) is 0. The van der Waals surface area contributed by atoms with E-state index in [1.165, 1.54) is 0 Å². The number of rotatable bonds is 3. The molecule has 0 saturated carbocycles. The van der Waals surface area contributed by atoms with E-state index in [4.69, 9.17) is 0 Å². The maximum absolute atomic E-state index is 11.6. The van der Waals surface area contributed by atoms with Crippen molar-refractivity contribution >= 4 is 11.4 Å². The highest BCUT2D eigenvalue weighted by Crippen LogP contribution is 2.12. The van der Waals surface area contributed by atoms with Crippen molar-refractivity contribution in [2.24, 2.45) is 5.22 Å². The highest BCUT2D eigenvalue weighted by molar-refractivity contribution is 5.44. The van der Waals surface area contributed by atoms with Gasteiger partial charge in [-0.05, 0) is 36.8 Å². The van der Waals surface area contributed by atoms with Crippen LogP contribution in [0, 0.1) is 12.1 Å². The smallest absolute Gasteiger partial charge is 0.154 e. The molecule has 0 spiro atoms. The van der Waals surface area contributed by atoms with Gasteiger partial charge in [-0.15, -0.1) is 10.3 Å². The molecule has 0 atom stereocenters. The van der Waals surface area contributed by atoms with Crippen molar-refractivity contribution in [3.05, 3.63) is 65.4 Å². The molecule has 0 heterocycles. The predicted molar refractivity (Wildman–Crippen MR) is 67.0 cm³/mol. The third-order valence-electron chi connectivity index (χ3n) is 2.27. The van der Waals surface area contributed by atoms with Crippen LogP contribution in [0.1, 0.15) is 5.56 Å². The Kier molecular flexibility index (Phi) is 3.35. The first-order chi connectivity index (χ1) is 8.25. The Morgan fingerprint density at radius 2 is 1.82 bits per heavy atom. The fourth-order valence-electron chi connectivity index (χ4n) is 1.43. The molecule has 2 aromatic carbocycles. The van der Waals surface area contributed by atoms with Gasteiger partial charge in [-0.2, -0.15) is 0 Å². The van der Waals surface area contributed by atoms with Crippen molar-refractivity contribution in [1.29, 1.82) is 0 Å².